The van der Waals surface area contributed by atoms with Gasteiger partial charge in [0, 0.05) is 7.05 Å². The smallest absolute Gasteiger partial charge is 0.274 e. The molecule has 0 aliphatic rings. The Balaban J connectivity index is 2.94. The largest absolute Gasteiger partial charge is 0.289 e. The molecule has 0 bridgehead atoms. The van der Waals surface area contributed by atoms with Crippen LogP contribution in [-0.4, -0.2) is 30.1 Å². The second kappa shape index (κ2) is 4.17. The molecule has 4 nitrogen and oxygen atoms in total. The molecule has 1 rings (SSSR count). The fraction of sp³-hybridized carbons (Fsp3) is 0.429. The van der Waals surface area contributed by atoms with E-state index in [1.54, 1.807) is 14.0 Å². The molecule has 0 aliphatic heterocycles. The Labute approximate surface area is 88.6 Å². The number of carbonyl (C=O) groups is 1. The van der Waals surface area contributed by atoms with Crippen LogP contribution in [0.5, 0.6) is 0 Å². The Morgan fingerprint density at radius 1 is 1.69 bits per heavy atom. The predicted octanol–water partition coefficient (Wildman–Crippen LogP) is 1.85. The first-order valence-corrected chi connectivity index (χ1v) is 5.12. The zero-order chi connectivity index (χ0) is 10.0. The van der Waals surface area contributed by atoms with Gasteiger partial charge in [0.25, 0.3) is 5.91 Å². The highest BCUT2D eigenvalue weighted by atomic mass is 79.9. The molecule has 0 spiro atoms. The van der Waals surface area contributed by atoms with Gasteiger partial charge in [0.1, 0.15) is 4.88 Å². The highest BCUT2D eigenvalue weighted by Crippen LogP contribution is 2.23. The molecule has 13 heavy (non-hydrogen) atoms. The van der Waals surface area contributed by atoms with E-state index in [0.717, 1.165) is 0 Å². The summed E-state index contributed by atoms with van der Waals surface area (Å²) >= 11 is 4.52. The van der Waals surface area contributed by atoms with Gasteiger partial charge in [0.2, 0.25) is 0 Å². The van der Waals surface area contributed by atoms with E-state index in [0.29, 0.717) is 14.5 Å². The maximum Gasteiger partial charge on any atom is 0.289 e. The molecule has 0 saturated heterocycles. The van der Waals surface area contributed by atoms with Crippen molar-refractivity contribution in [1.29, 1.82) is 0 Å². The molecule has 0 aromatic carbocycles. The molecule has 72 valence electrons. The summed E-state index contributed by atoms with van der Waals surface area (Å²) in [6, 6.07) is 0. The Bertz CT molecular complexity index is 326. The van der Waals surface area contributed by atoms with E-state index in [-0.39, 0.29) is 5.91 Å². The second-order valence-electron chi connectivity index (χ2n) is 2.37. The third-order valence-electron chi connectivity index (χ3n) is 1.52. The minimum absolute atomic E-state index is 0.178. The fourth-order valence-electron chi connectivity index (χ4n) is 0.788. The average Bonchev–Trinajstić information content (AvgIpc) is 2.42. The number of nitrogens with zero attached hydrogens (tertiary/aromatic N) is 2. The molecule has 0 unspecified atom stereocenters. The van der Waals surface area contributed by atoms with Gasteiger partial charge in [-0.25, -0.2) is 10.0 Å². The maximum atomic E-state index is 11.6. The number of rotatable bonds is 2. The second-order valence-corrected chi connectivity index (χ2v) is 4.64. The van der Waals surface area contributed by atoms with E-state index in [1.807, 2.05) is 0 Å². The van der Waals surface area contributed by atoms with Crippen molar-refractivity contribution in [3.63, 3.8) is 0 Å². The summed E-state index contributed by atoms with van der Waals surface area (Å²) in [4.78, 5) is 21.0. The van der Waals surface area contributed by atoms with Gasteiger partial charge in [-0.05, 0) is 22.9 Å². The quantitative estimate of drug-likeness (QED) is 0.766. The van der Waals surface area contributed by atoms with Crippen LogP contribution in [0.2, 0.25) is 0 Å². The highest BCUT2D eigenvalue weighted by molar-refractivity contribution is 9.11. The van der Waals surface area contributed by atoms with Crippen molar-refractivity contribution < 1.29 is 9.63 Å². The lowest BCUT2D eigenvalue weighted by atomic mass is 10.4. The minimum Gasteiger partial charge on any atom is -0.274 e. The number of thiazole rings is 1. The van der Waals surface area contributed by atoms with Crippen molar-refractivity contribution in [3.05, 3.63) is 14.5 Å². The SMILES string of the molecule is CON(C)C(=O)c1sc(Br)nc1C. The summed E-state index contributed by atoms with van der Waals surface area (Å²) in [7, 11) is 3.01. The summed E-state index contributed by atoms with van der Waals surface area (Å²) in [5.41, 5.74) is 0.714. The number of halogens is 1. The van der Waals surface area contributed by atoms with Gasteiger partial charge in [-0.2, -0.15) is 0 Å². The molecule has 1 aromatic heterocycles. The van der Waals surface area contributed by atoms with Crippen LogP contribution in [0.4, 0.5) is 0 Å². The van der Waals surface area contributed by atoms with Crippen LogP contribution in [0.25, 0.3) is 0 Å². The van der Waals surface area contributed by atoms with Gasteiger partial charge >= 0.3 is 0 Å². The molecule has 0 saturated carbocycles. The fourth-order valence-corrected chi connectivity index (χ4v) is 2.30. The molecule has 0 radical (unpaired) electrons. The van der Waals surface area contributed by atoms with E-state index in [4.69, 9.17) is 4.84 Å². The predicted molar refractivity (Wildman–Crippen MR) is 53.7 cm³/mol. The maximum absolute atomic E-state index is 11.6. The van der Waals surface area contributed by atoms with Crippen LogP contribution < -0.4 is 0 Å². The monoisotopic (exact) mass is 264 g/mol. The Morgan fingerprint density at radius 3 is 2.69 bits per heavy atom. The van der Waals surface area contributed by atoms with E-state index in [1.165, 1.54) is 23.5 Å². The number of hydroxylamine groups is 2. The van der Waals surface area contributed by atoms with Gasteiger partial charge in [-0.3, -0.25) is 9.63 Å². The van der Waals surface area contributed by atoms with E-state index >= 15 is 0 Å². The van der Waals surface area contributed by atoms with Crippen molar-refractivity contribution in [2.24, 2.45) is 0 Å². The van der Waals surface area contributed by atoms with E-state index < -0.39 is 0 Å². The number of amides is 1. The molecule has 1 aromatic rings. The topological polar surface area (TPSA) is 42.4 Å². The van der Waals surface area contributed by atoms with Crippen LogP contribution in [0.1, 0.15) is 15.4 Å². The summed E-state index contributed by atoms with van der Waals surface area (Å²) in [6.45, 7) is 1.79. The standard InChI is InChI=1S/C7H9BrN2O2S/c1-4-5(13-7(8)9-4)6(11)10(2)12-3/h1-3H3. The molecule has 0 aliphatic carbocycles. The number of carbonyl (C=O) groups excluding carboxylic acids is 1. The normalized spacial score (nSPS) is 10.2. The van der Waals surface area contributed by atoms with E-state index in [2.05, 4.69) is 20.9 Å². The Kier molecular flexibility index (Phi) is 3.40. The molecular weight excluding hydrogens is 256 g/mol. The van der Waals surface area contributed by atoms with Crippen LogP contribution in [-0.2, 0) is 4.84 Å². The molecule has 0 N–H and O–H groups in total. The first-order chi connectivity index (χ1) is 6.06. The van der Waals surface area contributed by atoms with E-state index in [9.17, 15) is 4.79 Å². The third-order valence-corrected chi connectivity index (χ3v) is 3.12. The van der Waals surface area contributed by atoms with Crippen molar-refractivity contribution in [1.82, 2.24) is 10.0 Å². The van der Waals surface area contributed by atoms with Gasteiger partial charge in [0.05, 0.1) is 12.8 Å². The van der Waals surface area contributed by atoms with Crippen LogP contribution in [0.3, 0.4) is 0 Å². The van der Waals surface area contributed by atoms with Crippen molar-refractivity contribution in [3.8, 4) is 0 Å². The molecular formula is C7H9BrN2O2S. The van der Waals surface area contributed by atoms with Crippen LogP contribution >= 0.6 is 27.3 Å². The van der Waals surface area contributed by atoms with Crippen LogP contribution in [0.15, 0.2) is 3.92 Å². The number of hydrogen-bond donors (Lipinski definition) is 0. The summed E-state index contributed by atoms with van der Waals surface area (Å²) in [6.07, 6.45) is 0. The zero-order valence-electron chi connectivity index (χ0n) is 7.50. The molecule has 0 atom stereocenters. The highest BCUT2D eigenvalue weighted by Gasteiger charge is 2.17. The zero-order valence-corrected chi connectivity index (χ0v) is 9.90. The summed E-state index contributed by atoms with van der Waals surface area (Å²) in [5.74, 6) is -0.178. The Hall–Kier alpha value is -0.460. The summed E-state index contributed by atoms with van der Waals surface area (Å²) < 4.78 is 0.706. The number of aryl methyl sites for hydroxylation is 1. The Morgan fingerprint density at radius 2 is 2.31 bits per heavy atom. The molecule has 0 fully saturated rings. The van der Waals surface area contributed by atoms with Crippen molar-refractivity contribution in [2.75, 3.05) is 14.2 Å². The number of hydrogen-bond acceptors (Lipinski definition) is 4. The lowest BCUT2D eigenvalue weighted by Gasteiger charge is -2.11. The average molecular weight is 265 g/mol. The van der Waals surface area contributed by atoms with Crippen molar-refractivity contribution in [2.45, 2.75) is 6.92 Å². The van der Waals surface area contributed by atoms with Gasteiger partial charge in [0.15, 0.2) is 3.92 Å². The molecule has 1 amide bonds. The third kappa shape index (κ3) is 2.26. The lowest BCUT2D eigenvalue weighted by molar-refractivity contribution is -0.0754. The van der Waals surface area contributed by atoms with Gasteiger partial charge in [-0.15, -0.1) is 11.3 Å². The summed E-state index contributed by atoms with van der Waals surface area (Å²) in [5, 5.41) is 1.17. The first kappa shape index (κ1) is 10.6. The molecule has 1 heterocycles. The van der Waals surface area contributed by atoms with Gasteiger partial charge in [-0.1, -0.05) is 0 Å². The van der Waals surface area contributed by atoms with Crippen molar-refractivity contribution >= 4 is 33.2 Å². The number of aromatic nitrogens is 1. The molecule has 6 heteroatoms. The van der Waals surface area contributed by atoms with Crippen LogP contribution in [0, 0.1) is 6.92 Å². The van der Waals surface area contributed by atoms with Gasteiger partial charge < -0.3 is 0 Å². The lowest BCUT2D eigenvalue weighted by Crippen LogP contribution is -2.25. The first-order valence-electron chi connectivity index (χ1n) is 3.51. The minimum atomic E-state index is -0.178.